The third-order valence-electron chi connectivity index (χ3n) is 6.01. The third kappa shape index (κ3) is 3.07. The normalized spacial score (nSPS) is 20.4. The molecule has 0 saturated heterocycles. The van der Waals surface area contributed by atoms with Gasteiger partial charge in [0.05, 0.1) is 30.9 Å². The first kappa shape index (κ1) is 19.4. The van der Waals surface area contributed by atoms with Gasteiger partial charge in [-0.3, -0.25) is 4.79 Å². The van der Waals surface area contributed by atoms with E-state index in [0.29, 0.717) is 30.3 Å². The van der Waals surface area contributed by atoms with Crippen molar-refractivity contribution in [3.63, 3.8) is 0 Å². The molecule has 0 bridgehead atoms. The molecule has 2 heterocycles. The van der Waals surface area contributed by atoms with Crippen LogP contribution >= 0.6 is 0 Å². The average molecular weight is 396 g/mol. The number of aromatic nitrogens is 2. The molecule has 1 aliphatic heterocycles. The lowest BCUT2D eigenvalue weighted by atomic mass is 9.73. The lowest BCUT2D eigenvalue weighted by Gasteiger charge is -2.49. The van der Waals surface area contributed by atoms with Crippen LogP contribution in [-0.2, 0) is 16.5 Å². The van der Waals surface area contributed by atoms with Crippen molar-refractivity contribution in [1.82, 2.24) is 9.78 Å². The van der Waals surface area contributed by atoms with Crippen LogP contribution in [0.1, 0.15) is 30.0 Å². The fraction of sp³-hybridized carbons (Fsp3) is 0.476. The van der Waals surface area contributed by atoms with Crippen LogP contribution < -0.4 is 15.6 Å². The topological polar surface area (TPSA) is 98.4 Å². The Kier molecular flexibility index (Phi) is 4.81. The molecule has 29 heavy (non-hydrogen) atoms. The fourth-order valence-electron chi connectivity index (χ4n) is 4.49. The molecular weight excluding hydrogens is 372 g/mol. The van der Waals surface area contributed by atoms with Gasteiger partial charge in [-0.05, 0) is 37.1 Å². The summed E-state index contributed by atoms with van der Waals surface area (Å²) in [5.74, 6) is 1.28. The summed E-state index contributed by atoms with van der Waals surface area (Å²) in [5, 5.41) is 17.2. The minimum absolute atomic E-state index is 0.171. The van der Waals surface area contributed by atoms with Crippen molar-refractivity contribution >= 4 is 5.82 Å². The van der Waals surface area contributed by atoms with Crippen LogP contribution in [0.5, 0.6) is 5.75 Å². The highest BCUT2D eigenvalue weighted by atomic mass is 16.6. The smallest absolute Gasteiger partial charge is 0.266 e. The monoisotopic (exact) mass is 396 g/mol. The molecule has 1 spiro atoms. The Morgan fingerprint density at radius 1 is 1.28 bits per heavy atom. The number of benzene rings is 1. The van der Waals surface area contributed by atoms with Gasteiger partial charge in [-0.25, -0.2) is 4.68 Å². The summed E-state index contributed by atoms with van der Waals surface area (Å²) in [4.78, 5) is 11.7. The Morgan fingerprint density at radius 3 is 2.59 bits per heavy atom. The first-order valence-corrected chi connectivity index (χ1v) is 9.50. The minimum atomic E-state index is -0.671. The molecule has 0 radical (unpaired) electrons. The molecule has 0 amide bonds. The van der Waals surface area contributed by atoms with Crippen molar-refractivity contribution < 1.29 is 14.2 Å². The second-order valence-corrected chi connectivity index (χ2v) is 7.74. The van der Waals surface area contributed by atoms with Crippen LogP contribution in [0, 0.1) is 16.7 Å². The van der Waals surface area contributed by atoms with E-state index in [1.165, 1.54) is 10.7 Å². The molecule has 1 aromatic heterocycles. The van der Waals surface area contributed by atoms with E-state index in [9.17, 15) is 10.1 Å². The molecule has 1 N–H and O–H groups in total. The molecule has 2 aromatic rings. The molecule has 1 saturated carbocycles. The van der Waals surface area contributed by atoms with Gasteiger partial charge in [0.1, 0.15) is 11.6 Å². The summed E-state index contributed by atoms with van der Waals surface area (Å²) in [6.07, 6.45) is 1.83. The number of nitriles is 1. The summed E-state index contributed by atoms with van der Waals surface area (Å²) in [7, 11) is 4.93. The number of anilines is 1. The number of nitrogens with one attached hydrogen (secondary N) is 1. The van der Waals surface area contributed by atoms with Gasteiger partial charge in [0.25, 0.3) is 5.56 Å². The van der Waals surface area contributed by atoms with Crippen LogP contribution in [0.2, 0.25) is 0 Å². The van der Waals surface area contributed by atoms with Crippen LogP contribution in [0.4, 0.5) is 5.82 Å². The van der Waals surface area contributed by atoms with Crippen molar-refractivity contribution in [3.05, 3.63) is 51.8 Å². The van der Waals surface area contributed by atoms with Crippen LogP contribution in [0.25, 0.3) is 0 Å². The van der Waals surface area contributed by atoms with Gasteiger partial charge in [0.15, 0.2) is 5.60 Å². The summed E-state index contributed by atoms with van der Waals surface area (Å²) in [6, 6.07) is 10.6. The molecule has 8 nitrogen and oxygen atoms in total. The number of hydrogen-bond donors (Lipinski definition) is 1. The molecular formula is C21H24N4O4. The van der Waals surface area contributed by atoms with Crippen molar-refractivity contribution in [2.45, 2.75) is 24.5 Å². The number of nitrogens with zero attached hydrogens (tertiary/aromatic N) is 3. The van der Waals surface area contributed by atoms with E-state index < -0.39 is 5.60 Å². The van der Waals surface area contributed by atoms with E-state index in [4.69, 9.17) is 14.2 Å². The molecule has 0 unspecified atom stereocenters. The zero-order valence-electron chi connectivity index (χ0n) is 16.8. The predicted octanol–water partition coefficient (Wildman–Crippen LogP) is 2.01. The van der Waals surface area contributed by atoms with Crippen molar-refractivity contribution in [3.8, 4) is 11.8 Å². The molecule has 2 aliphatic rings. The first-order valence-electron chi connectivity index (χ1n) is 9.50. The van der Waals surface area contributed by atoms with Crippen LogP contribution in [-0.4, -0.2) is 42.8 Å². The molecule has 8 heteroatoms. The number of rotatable bonds is 6. The maximum absolute atomic E-state index is 11.7. The number of ether oxygens (including phenoxy) is 3. The summed E-state index contributed by atoms with van der Waals surface area (Å²) < 4.78 is 18.9. The second-order valence-electron chi connectivity index (χ2n) is 7.74. The van der Waals surface area contributed by atoms with Gasteiger partial charge in [-0.2, -0.15) is 10.4 Å². The quantitative estimate of drug-likeness (QED) is 0.797. The molecule has 4 rings (SSSR count). The predicted molar refractivity (Wildman–Crippen MR) is 106 cm³/mol. The highest BCUT2D eigenvalue weighted by molar-refractivity contribution is 5.52. The first-order chi connectivity index (χ1) is 14.0. The standard InChI is InChI=1S/C21H24N4O4/c1-25-18(26)7-6-17(24-25)23-19-15-10-14(11-22)4-5-16(15)29-21(12-27-2,13-28-3)20(19)8-9-20/h4-7,10,19H,8-9,12-13H2,1-3H3,(H,23,24)/t19-/m1/s1. The Morgan fingerprint density at radius 2 is 2.00 bits per heavy atom. The van der Waals surface area contributed by atoms with Crippen LogP contribution in [0.3, 0.4) is 0 Å². The zero-order valence-corrected chi connectivity index (χ0v) is 16.8. The highest BCUT2D eigenvalue weighted by Gasteiger charge is 2.68. The summed E-state index contributed by atoms with van der Waals surface area (Å²) in [6.45, 7) is 0.748. The number of fused-ring (bicyclic) bond motifs is 1. The summed E-state index contributed by atoms with van der Waals surface area (Å²) in [5.41, 5.74) is 0.338. The minimum Gasteiger partial charge on any atom is -0.481 e. The Hall–Kier alpha value is -2.89. The maximum atomic E-state index is 11.7. The maximum Gasteiger partial charge on any atom is 0.266 e. The van der Waals surface area contributed by atoms with Crippen molar-refractivity contribution in [2.24, 2.45) is 12.5 Å². The van der Waals surface area contributed by atoms with Gasteiger partial charge in [-0.15, -0.1) is 0 Å². The van der Waals surface area contributed by atoms with E-state index in [0.717, 1.165) is 18.4 Å². The van der Waals surface area contributed by atoms with Gasteiger partial charge >= 0.3 is 0 Å². The van der Waals surface area contributed by atoms with Gasteiger partial charge in [0, 0.05) is 38.3 Å². The van der Waals surface area contributed by atoms with Crippen molar-refractivity contribution in [2.75, 3.05) is 32.8 Å². The average Bonchev–Trinajstić information content (AvgIpc) is 3.51. The van der Waals surface area contributed by atoms with Crippen LogP contribution in [0.15, 0.2) is 35.1 Å². The third-order valence-corrected chi connectivity index (χ3v) is 6.01. The Balaban J connectivity index is 1.85. The zero-order chi connectivity index (χ0) is 20.6. The molecule has 1 atom stereocenters. The molecule has 1 aromatic carbocycles. The number of aryl methyl sites for hydroxylation is 1. The second kappa shape index (κ2) is 7.17. The van der Waals surface area contributed by atoms with Gasteiger partial charge in [0.2, 0.25) is 0 Å². The Bertz CT molecular complexity index is 1020. The number of methoxy groups -OCH3 is 2. The Labute approximate surface area is 169 Å². The largest absolute Gasteiger partial charge is 0.481 e. The summed E-state index contributed by atoms with van der Waals surface area (Å²) >= 11 is 0. The fourth-order valence-corrected chi connectivity index (χ4v) is 4.49. The van der Waals surface area contributed by atoms with E-state index >= 15 is 0 Å². The SMILES string of the molecule is COCC1(COC)Oc2ccc(C#N)cc2[C@@H](Nc2ccc(=O)n(C)n2)C12CC2. The number of hydrogen-bond acceptors (Lipinski definition) is 7. The van der Waals surface area contributed by atoms with E-state index in [1.807, 2.05) is 12.1 Å². The molecule has 1 fully saturated rings. The highest BCUT2D eigenvalue weighted by Crippen LogP contribution is 2.67. The lowest BCUT2D eigenvalue weighted by Crippen LogP contribution is -2.58. The molecule has 1 aliphatic carbocycles. The van der Waals surface area contributed by atoms with E-state index in [1.54, 1.807) is 33.4 Å². The lowest BCUT2D eigenvalue weighted by molar-refractivity contribution is -0.120. The van der Waals surface area contributed by atoms with Crippen molar-refractivity contribution in [1.29, 1.82) is 5.26 Å². The van der Waals surface area contributed by atoms with E-state index in [-0.39, 0.29) is 17.0 Å². The van der Waals surface area contributed by atoms with E-state index in [2.05, 4.69) is 16.5 Å². The van der Waals surface area contributed by atoms with Gasteiger partial charge < -0.3 is 19.5 Å². The molecule has 152 valence electrons. The van der Waals surface area contributed by atoms with Gasteiger partial charge in [-0.1, -0.05) is 0 Å².